The molecule has 0 aliphatic carbocycles. The van der Waals surface area contributed by atoms with Crippen LogP contribution in [0.15, 0.2) is 50.6 Å². The van der Waals surface area contributed by atoms with Crippen molar-refractivity contribution in [1.82, 2.24) is 4.98 Å². The van der Waals surface area contributed by atoms with Crippen LogP contribution in [0, 0.1) is 0 Å². The van der Waals surface area contributed by atoms with Crippen molar-refractivity contribution in [3.8, 4) is 0 Å². The number of pyridine rings is 1. The predicted molar refractivity (Wildman–Crippen MR) is 65.7 cm³/mol. The number of Topliss-reactive ketones (excluding diaryl/α,β-unsaturated/α-hetero) is 1. The topological polar surface area (TPSA) is 43.1 Å². The monoisotopic (exact) mass is 297 g/mol. The first-order chi connectivity index (χ1) is 7.75. The first kappa shape index (κ1) is 11.4. The molecule has 0 radical (unpaired) electrons. The zero-order valence-electron chi connectivity index (χ0n) is 8.22. The van der Waals surface area contributed by atoms with Crippen LogP contribution < -0.4 is 0 Å². The number of furan rings is 1. The van der Waals surface area contributed by atoms with Gasteiger partial charge in [-0.05, 0) is 40.2 Å². The van der Waals surface area contributed by atoms with Crippen molar-refractivity contribution in [2.45, 2.75) is 5.03 Å². The minimum Gasteiger partial charge on any atom is -0.461 e. The van der Waals surface area contributed by atoms with Gasteiger partial charge in [0.2, 0.25) is 5.78 Å². The molecule has 82 valence electrons. The average Bonchev–Trinajstić information content (AvgIpc) is 2.81. The summed E-state index contributed by atoms with van der Waals surface area (Å²) in [6.45, 7) is 0. The summed E-state index contributed by atoms with van der Waals surface area (Å²) in [4.78, 5) is 15.8. The van der Waals surface area contributed by atoms with Crippen LogP contribution in [0.2, 0.25) is 0 Å². The molecule has 0 amide bonds. The fourth-order valence-corrected chi connectivity index (χ4v) is 2.04. The third-order valence-electron chi connectivity index (χ3n) is 1.85. The van der Waals surface area contributed by atoms with Gasteiger partial charge in [0.1, 0.15) is 0 Å². The molecule has 0 atom stereocenters. The second-order valence-electron chi connectivity index (χ2n) is 3.00. The number of hydrogen-bond acceptors (Lipinski definition) is 4. The summed E-state index contributed by atoms with van der Waals surface area (Å²) < 4.78 is 5.94. The number of aromatic nitrogens is 1. The standard InChI is InChI=1S/C11H8BrNO2S/c12-8-3-4-11(13-6-8)16-7-9(14)10-2-1-5-15-10/h1-6H,7H2. The lowest BCUT2D eigenvalue weighted by Crippen LogP contribution is -2.00. The number of rotatable bonds is 4. The number of carbonyl (C=O) groups is 1. The van der Waals surface area contributed by atoms with Crippen LogP contribution in [0.3, 0.4) is 0 Å². The van der Waals surface area contributed by atoms with E-state index in [0.29, 0.717) is 11.5 Å². The van der Waals surface area contributed by atoms with E-state index in [1.807, 2.05) is 12.1 Å². The molecule has 2 aromatic heterocycles. The van der Waals surface area contributed by atoms with E-state index in [-0.39, 0.29) is 5.78 Å². The zero-order valence-corrected chi connectivity index (χ0v) is 10.6. The van der Waals surface area contributed by atoms with E-state index in [2.05, 4.69) is 20.9 Å². The Morgan fingerprint density at radius 1 is 1.44 bits per heavy atom. The maximum absolute atomic E-state index is 11.6. The Bertz CT molecular complexity index is 467. The van der Waals surface area contributed by atoms with Gasteiger partial charge in [-0.2, -0.15) is 0 Å². The Balaban J connectivity index is 1.93. The number of ketones is 1. The second-order valence-corrected chi connectivity index (χ2v) is 4.92. The number of hydrogen-bond donors (Lipinski definition) is 0. The molecule has 2 aromatic rings. The summed E-state index contributed by atoms with van der Waals surface area (Å²) in [5, 5.41) is 0.822. The van der Waals surface area contributed by atoms with E-state index >= 15 is 0 Å². The molecule has 0 saturated carbocycles. The molecule has 0 saturated heterocycles. The van der Waals surface area contributed by atoms with E-state index in [9.17, 15) is 4.79 Å². The second kappa shape index (κ2) is 5.32. The van der Waals surface area contributed by atoms with Gasteiger partial charge in [0.25, 0.3) is 0 Å². The number of carbonyl (C=O) groups excluding carboxylic acids is 1. The SMILES string of the molecule is O=C(CSc1ccc(Br)cn1)c1ccco1. The summed E-state index contributed by atoms with van der Waals surface area (Å²) in [7, 11) is 0. The lowest BCUT2D eigenvalue weighted by molar-refractivity contribution is 0.0992. The van der Waals surface area contributed by atoms with Crippen molar-refractivity contribution in [2.24, 2.45) is 0 Å². The van der Waals surface area contributed by atoms with Gasteiger partial charge in [-0.1, -0.05) is 11.8 Å². The van der Waals surface area contributed by atoms with Gasteiger partial charge in [0.05, 0.1) is 17.0 Å². The van der Waals surface area contributed by atoms with E-state index < -0.39 is 0 Å². The molecule has 3 nitrogen and oxygen atoms in total. The van der Waals surface area contributed by atoms with Crippen LogP contribution >= 0.6 is 27.7 Å². The highest BCUT2D eigenvalue weighted by Gasteiger charge is 2.09. The van der Waals surface area contributed by atoms with Gasteiger partial charge in [-0.25, -0.2) is 4.98 Å². The normalized spacial score (nSPS) is 10.3. The molecular weight excluding hydrogens is 290 g/mol. The summed E-state index contributed by atoms with van der Waals surface area (Å²) in [6, 6.07) is 7.13. The van der Waals surface area contributed by atoms with Gasteiger partial charge in [-0.3, -0.25) is 4.79 Å². The fraction of sp³-hybridized carbons (Fsp3) is 0.0909. The molecule has 0 aromatic carbocycles. The van der Waals surface area contributed by atoms with Crippen molar-refractivity contribution >= 4 is 33.5 Å². The summed E-state index contributed by atoms with van der Waals surface area (Å²) in [6.07, 6.45) is 3.20. The van der Waals surface area contributed by atoms with Crippen molar-refractivity contribution in [2.75, 3.05) is 5.75 Å². The summed E-state index contributed by atoms with van der Waals surface area (Å²) in [5.41, 5.74) is 0. The Morgan fingerprint density at radius 2 is 2.31 bits per heavy atom. The molecule has 2 rings (SSSR count). The summed E-state index contributed by atoms with van der Waals surface area (Å²) in [5.74, 6) is 0.701. The minimum absolute atomic E-state index is 0.0280. The first-order valence-electron chi connectivity index (χ1n) is 4.57. The quantitative estimate of drug-likeness (QED) is 0.641. The van der Waals surface area contributed by atoms with Crippen LogP contribution in [0.25, 0.3) is 0 Å². The van der Waals surface area contributed by atoms with Crippen LogP contribution in [0.5, 0.6) is 0 Å². The molecular formula is C11H8BrNO2S. The molecule has 2 heterocycles. The molecule has 0 aliphatic heterocycles. The van der Waals surface area contributed by atoms with Crippen LogP contribution in [0.4, 0.5) is 0 Å². The molecule has 16 heavy (non-hydrogen) atoms. The third-order valence-corrected chi connectivity index (χ3v) is 3.26. The lowest BCUT2D eigenvalue weighted by atomic mass is 10.3. The van der Waals surface area contributed by atoms with Crippen LogP contribution in [-0.2, 0) is 0 Å². The van der Waals surface area contributed by atoms with Gasteiger partial charge in [0.15, 0.2) is 5.76 Å². The third kappa shape index (κ3) is 2.96. The highest BCUT2D eigenvalue weighted by Crippen LogP contribution is 2.18. The van der Waals surface area contributed by atoms with Gasteiger partial charge in [0, 0.05) is 10.7 Å². The highest BCUT2D eigenvalue weighted by atomic mass is 79.9. The van der Waals surface area contributed by atoms with Gasteiger partial charge in [-0.15, -0.1) is 0 Å². The molecule has 0 spiro atoms. The molecule has 0 bridgehead atoms. The van der Waals surface area contributed by atoms with Gasteiger partial charge < -0.3 is 4.42 Å². The molecule has 0 fully saturated rings. The largest absolute Gasteiger partial charge is 0.461 e. The Labute approximate surface area is 105 Å². The van der Waals surface area contributed by atoms with E-state index in [4.69, 9.17) is 4.42 Å². The van der Waals surface area contributed by atoms with Crippen LogP contribution in [0.1, 0.15) is 10.6 Å². The van der Waals surface area contributed by atoms with Crippen molar-refractivity contribution in [3.63, 3.8) is 0 Å². The Kier molecular flexibility index (Phi) is 3.79. The molecule has 0 unspecified atom stereocenters. The predicted octanol–water partition coefficient (Wildman–Crippen LogP) is 3.41. The van der Waals surface area contributed by atoms with Crippen molar-refractivity contribution < 1.29 is 9.21 Å². The van der Waals surface area contributed by atoms with Crippen molar-refractivity contribution in [1.29, 1.82) is 0 Å². The Hall–Kier alpha value is -1.07. The maximum Gasteiger partial charge on any atom is 0.208 e. The summed E-state index contributed by atoms with van der Waals surface area (Å²) >= 11 is 4.70. The number of halogens is 1. The highest BCUT2D eigenvalue weighted by molar-refractivity contribution is 9.10. The van der Waals surface area contributed by atoms with Crippen LogP contribution in [-0.4, -0.2) is 16.5 Å². The maximum atomic E-state index is 11.6. The smallest absolute Gasteiger partial charge is 0.208 e. The Morgan fingerprint density at radius 3 is 2.94 bits per heavy atom. The van der Waals surface area contributed by atoms with E-state index in [1.54, 1.807) is 18.3 Å². The van der Waals surface area contributed by atoms with Gasteiger partial charge >= 0.3 is 0 Å². The number of nitrogens with zero attached hydrogens (tertiary/aromatic N) is 1. The molecule has 5 heteroatoms. The van der Waals surface area contributed by atoms with E-state index in [0.717, 1.165) is 9.50 Å². The van der Waals surface area contributed by atoms with Crippen molar-refractivity contribution in [3.05, 3.63) is 47.0 Å². The minimum atomic E-state index is -0.0280. The molecule has 0 N–H and O–H groups in total. The number of thioether (sulfide) groups is 1. The lowest BCUT2D eigenvalue weighted by Gasteiger charge is -1.98. The average molecular weight is 298 g/mol. The molecule has 0 aliphatic rings. The zero-order chi connectivity index (χ0) is 11.4. The van der Waals surface area contributed by atoms with E-state index in [1.165, 1.54) is 18.0 Å². The fourth-order valence-electron chi connectivity index (χ4n) is 1.10. The first-order valence-corrected chi connectivity index (χ1v) is 6.34.